The first kappa shape index (κ1) is 20.4. The predicted octanol–water partition coefficient (Wildman–Crippen LogP) is 4.26. The van der Waals surface area contributed by atoms with Gasteiger partial charge in [-0.15, -0.1) is 11.3 Å². The number of nitrogens with one attached hydrogen (secondary N) is 2. The molecule has 152 valence electrons. The summed E-state index contributed by atoms with van der Waals surface area (Å²) in [5.74, 6) is -0.547. The highest BCUT2D eigenvalue weighted by Gasteiger charge is 2.24. The molecule has 0 aliphatic carbocycles. The molecule has 2 aromatic heterocycles. The van der Waals surface area contributed by atoms with E-state index >= 15 is 0 Å². The minimum atomic E-state index is -0.878. The van der Waals surface area contributed by atoms with Gasteiger partial charge >= 0.3 is 6.09 Å². The third kappa shape index (κ3) is 4.09. The number of aryl methyl sites for hydroxylation is 1. The molecule has 0 aliphatic heterocycles. The molecule has 0 bridgehead atoms. The fourth-order valence-electron chi connectivity index (χ4n) is 2.78. The maximum Gasteiger partial charge on any atom is 0.413 e. The molecule has 0 spiro atoms. The number of imide groups is 1. The van der Waals surface area contributed by atoms with Gasteiger partial charge in [0.05, 0.1) is 19.3 Å². The van der Waals surface area contributed by atoms with Crippen molar-refractivity contribution < 1.29 is 28.3 Å². The van der Waals surface area contributed by atoms with Crippen molar-refractivity contribution in [3.05, 3.63) is 46.0 Å². The average Bonchev–Trinajstić information content (AvgIpc) is 3.24. The standard InChI is InChI=1S/C20H20N2O6S/c1-5-27-13-8-6-7-12-9-14(28-16(12)13)17(23)21-19-15(10(2)11(3)29-19)18(24)22-20(25)26-4/h6-9H,5H2,1-4H3,(H,21,23)(H,22,24,25). The van der Waals surface area contributed by atoms with E-state index in [1.807, 2.05) is 26.0 Å². The Morgan fingerprint density at radius 3 is 2.62 bits per heavy atom. The van der Waals surface area contributed by atoms with Gasteiger partial charge in [-0.05, 0) is 38.5 Å². The molecule has 0 atom stereocenters. The molecule has 0 saturated heterocycles. The number of carbonyl (C=O) groups excluding carboxylic acids is 3. The average molecular weight is 416 g/mol. The molecule has 29 heavy (non-hydrogen) atoms. The first-order valence-corrected chi connectivity index (χ1v) is 9.63. The molecular formula is C20H20N2O6S. The number of hydrogen-bond donors (Lipinski definition) is 2. The number of para-hydroxylation sites is 1. The van der Waals surface area contributed by atoms with Crippen LogP contribution in [0.2, 0.25) is 0 Å². The number of methoxy groups -OCH3 is 1. The van der Waals surface area contributed by atoms with Crippen molar-refractivity contribution in [1.29, 1.82) is 0 Å². The van der Waals surface area contributed by atoms with Gasteiger partial charge in [0.15, 0.2) is 17.1 Å². The molecule has 3 rings (SSSR count). The van der Waals surface area contributed by atoms with E-state index < -0.39 is 17.9 Å². The molecule has 0 saturated carbocycles. The monoisotopic (exact) mass is 416 g/mol. The Morgan fingerprint density at radius 1 is 1.17 bits per heavy atom. The Morgan fingerprint density at radius 2 is 1.93 bits per heavy atom. The Labute approximate surface area is 170 Å². The number of hydrogen-bond acceptors (Lipinski definition) is 7. The first-order valence-electron chi connectivity index (χ1n) is 8.81. The summed E-state index contributed by atoms with van der Waals surface area (Å²) in [5.41, 5.74) is 1.34. The van der Waals surface area contributed by atoms with Gasteiger partial charge in [0.2, 0.25) is 0 Å². The smallest absolute Gasteiger partial charge is 0.413 e. The number of rotatable bonds is 5. The molecule has 0 aliphatic rings. The van der Waals surface area contributed by atoms with Crippen LogP contribution in [-0.2, 0) is 4.74 Å². The highest BCUT2D eigenvalue weighted by molar-refractivity contribution is 7.16. The van der Waals surface area contributed by atoms with Gasteiger partial charge in [-0.3, -0.25) is 14.9 Å². The van der Waals surface area contributed by atoms with Crippen molar-refractivity contribution in [2.75, 3.05) is 19.0 Å². The van der Waals surface area contributed by atoms with E-state index in [9.17, 15) is 14.4 Å². The van der Waals surface area contributed by atoms with Crippen LogP contribution < -0.4 is 15.4 Å². The number of ether oxygens (including phenoxy) is 2. The number of amides is 3. The van der Waals surface area contributed by atoms with Crippen LogP contribution in [0.4, 0.5) is 9.80 Å². The number of fused-ring (bicyclic) bond motifs is 1. The largest absolute Gasteiger partial charge is 0.490 e. The summed E-state index contributed by atoms with van der Waals surface area (Å²) >= 11 is 1.23. The van der Waals surface area contributed by atoms with Gasteiger partial charge < -0.3 is 19.2 Å². The second-order valence-electron chi connectivity index (χ2n) is 6.11. The number of carbonyl (C=O) groups is 3. The van der Waals surface area contributed by atoms with Crippen LogP contribution in [-0.4, -0.2) is 31.6 Å². The fraction of sp³-hybridized carbons (Fsp3) is 0.250. The molecule has 2 N–H and O–H groups in total. The third-order valence-electron chi connectivity index (χ3n) is 4.27. The minimum Gasteiger partial charge on any atom is -0.490 e. The Hall–Kier alpha value is -3.33. The summed E-state index contributed by atoms with van der Waals surface area (Å²) in [7, 11) is 1.16. The summed E-state index contributed by atoms with van der Waals surface area (Å²) in [6.45, 7) is 5.88. The van der Waals surface area contributed by atoms with Gasteiger partial charge in [-0.2, -0.15) is 0 Å². The molecule has 0 fully saturated rings. The number of furan rings is 1. The van der Waals surface area contributed by atoms with Gasteiger partial charge in [0, 0.05) is 10.3 Å². The molecular weight excluding hydrogens is 396 g/mol. The maximum atomic E-state index is 12.8. The van der Waals surface area contributed by atoms with Crippen LogP contribution in [0.5, 0.6) is 5.75 Å². The lowest BCUT2D eigenvalue weighted by Crippen LogP contribution is -2.31. The molecule has 2 heterocycles. The van der Waals surface area contributed by atoms with Crippen molar-refractivity contribution >= 4 is 45.2 Å². The van der Waals surface area contributed by atoms with Crippen LogP contribution >= 0.6 is 11.3 Å². The lowest BCUT2D eigenvalue weighted by Gasteiger charge is -2.06. The number of anilines is 1. The van der Waals surface area contributed by atoms with E-state index in [2.05, 4.69) is 15.4 Å². The molecule has 3 aromatic rings. The molecule has 9 heteroatoms. The number of thiophene rings is 1. The molecule has 8 nitrogen and oxygen atoms in total. The fourth-order valence-corrected chi connectivity index (χ4v) is 3.83. The summed E-state index contributed by atoms with van der Waals surface area (Å²) in [4.78, 5) is 37.4. The minimum absolute atomic E-state index is 0.0789. The topological polar surface area (TPSA) is 107 Å². The van der Waals surface area contributed by atoms with Gasteiger partial charge in [-0.1, -0.05) is 12.1 Å². The zero-order chi connectivity index (χ0) is 21.1. The Balaban J connectivity index is 1.90. The zero-order valence-corrected chi connectivity index (χ0v) is 17.2. The van der Waals surface area contributed by atoms with Gasteiger partial charge in [0.25, 0.3) is 11.8 Å². The van der Waals surface area contributed by atoms with E-state index in [4.69, 9.17) is 9.15 Å². The first-order chi connectivity index (χ1) is 13.8. The van der Waals surface area contributed by atoms with Crippen LogP contribution in [0.3, 0.4) is 0 Å². The van der Waals surface area contributed by atoms with Crippen LogP contribution in [0.1, 0.15) is 38.3 Å². The lowest BCUT2D eigenvalue weighted by atomic mass is 10.1. The number of benzene rings is 1. The van der Waals surface area contributed by atoms with Gasteiger partial charge in [0.1, 0.15) is 5.00 Å². The maximum absolute atomic E-state index is 12.8. The van der Waals surface area contributed by atoms with Crippen molar-refractivity contribution in [3.8, 4) is 5.75 Å². The lowest BCUT2D eigenvalue weighted by molar-refractivity contribution is 0.0937. The summed E-state index contributed by atoms with van der Waals surface area (Å²) in [6, 6.07) is 6.99. The normalized spacial score (nSPS) is 10.6. The van der Waals surface area contributed by atoms with Gasteiger partial charge in [-0.25, -0.2) is 4.79 Å². The van der Waals surface area contributed by atoms with Crippen molar-refractivity contribution in [2.45, 2.75) is 20.8 Å². The van der Waals surface area contributed by atoms with E-state index in [1.165, 1.54) is 11.3 Å². The SMILES string of the molecule is CCOc1cccc2cc(C(=O)Nc3sc(C)c(C)c3C(=O)NC(=O)OC)oc12. The van der Waals surface area contributed by atoms with E-state index in [0.29, 0.717) is 28.5 Å². The molecule has 1 aromatic carbocycles. The summed E-state index contributed by atoms with van der Waals surface area (Å²) < 4.78 is 15.7. The van der Waals surface area contributed by atoms with Crippen molar-refractivity contribution in [2.24, 2.45) is 0 Å². The highest BCUT2D eigenvalue weighted by atomic mass is 32.1. The summed E-state index contributed by atoms with van der Waals surface area (Å²) in [6.07, 6.45) is -0.878. The van der Waals surface area contributed by atoms with Crippen LogP contribution in [0.15, 0.2) is 28.7 Å². The van der Waals surface area contributed by atoms with Crippen LogP contribution in [0, 0.1) is 13.8 Å². The zero-order valence-electron chi connectivity index (χ0n) is 16.4. The third-order valence-corrected chi connectivity index (χ3v) is 5.39. The molecule has 0 radical (unpaired) electrons. The van der Waals surface area contributed by atoms with E-state index in [-0.39, 0.29) is 11.3 Å². The summed E-state index contributed by atoms with van der Waals surface area (Å²) in [5, 5.41) is 5.86. The molecule has 0 unspecified atom stereocenters. The predicted molar refractivity (Wildman–Crippen MR) is 109 cm³/mol. The number of alkyl carbamates (subject to hydrolysis) is 1. The highest BCUT2D eigenvalue weighted by Crippen LogP contribution is 2.34. The Bertz CT molecular complexity index is 1100. The van der Waals surface area contributed by atoms with Crippen LogP contribution in [0.25, 0.3) is 11.0 Å². The van der Waals surface area contributed by atoms with Crippen molar-refractivity contribution in [1.82, 2.24) is 5.32 Å². The quantitative estimate of drug-likeness (QED) is 0.644. The Kier molecular flexibility index (Phi) is 5.88. The second kappa shape index (κ2) is 8.36. The van der Waals surface area contributed by atoms with E-state index in [1.54, 1.807) is 19.1 Å². The van der Waals surface area contributed by atoms with E-state index in [0.717, 1.165) is 17.4 Å². The second-order valence-corrected chi connectivity index (χ2v) is 7.33. The van der Waals surface area contributed by atoms with Crippen molar-refractivity contribution in [3.63, 3.8) is 0 Å². The molecule has 3 amide bonds.